The Hall–Kier alpha value is -9.00. The van der Waals surface area contributed by atoms with E-state index in [1.807, 2.05) is 38.0 Å². The van der Waals surface area contributed by atoms with E-state index < -0.39 is 35.4 Å². The van der Waals surface area contributed by atoms with Crippen molar-refractivity contribution in [2.75, 3.05) is 113 Å². The van der Waals surface area contributed by atoms with E-state index in [2.05, 4.69) is 62.5 Å². The van der Waals surface area contributed by atoms with E-state index >= 15 is 0 Å². The van der Waals surface area contributed by atoms with Gasteiger partial charge in [-0.3, -0.25) is 38.4 Å². The maximum absolute atomic E-state index is 13.8. The fraction of sp³-hybridized carbons (Fsp3) is 0.391. The number of hydrogen-bond acceptors (Lipinski definition) is 16. The van der Waals surface area contributed by atoms with Crippen molar-refractivity contribution in [1.82, 2.24) is 67.8 Å². The smallest absolute Gasteiger partial charge is 0.291 e. The molecule has 0 aliphatic carbocycles. The lowest BCUT2D eigenvalue weighted by molar-refractivity contribution is -0.106. The van der Waals surface area contributed by atoms with Gasteiger partial charge in [-0.05, 0) is 40.3 Å². The third kappa shape index (κ3) is 15.3. The number of amides is 8. The maximum Gasteiger partial charge on any atom is 0.291 e. The van der Waals surface area contributed by atoms with Gasteiger partial charge in [0.1, 0.15) is 11.4 Å². The second kappa shape index (κ2) is 26.3. The number of carbonyl (C=O) groups excluding carboxylic acids is 8. The molecule has 30 heteroatoms. The summed E-state index contributed by atoms with van der Waals surface area (Å²) in [6.07, 6.45) is 9.87. The van der Waals surface area contributed by atoms with Crippen LogP contribution in [0.1, 0.15) is 63.5 Å². The monoisotopic (exact) mass is 1050 g/mol. The molecule has 76 heavy (non-hydrogen) atoms. The number of imidazole rings is 4. The SMILES string of the molecule is CN(C)CCNC(=O)c1nc(NC(=O)c2cc(NC(=O)c3nc(NC=O)cn3C)cn2CCOCCOCCn2cc(NC(=O)c3nc(NC=O)cn3C)cc2C(=O)Nc2cn(C)c(C(=O)NCCN(C)C)n2)cn1C. The van der Waals surface area contributed by atoms with Crippen LogP contribution in [-0.4, -0.2) is 186 Å². The highest BCUT2D eigenvalue weighted by atomic mass is 16.5. The Morgan fingerprint density at radius 2 is 0.816 bits per heavy atom. The van der Waals surface area contributed by atoms with Crippen molar-refractivity contribution in [3.63, 3.8) is 0 Å². The van der Waals surface area contributed by atoms with Gasteiger partial charge >= 0.3 is 0 Å². The molecule has 0 saturated heterocycles. The highest BCUT2D eigenvalue weighted by molar-refractivity contribution is 6.07. The lowest BCUT2D eigenvalue weighted by Gasteiger charge is -2.11. The van der Waals surface area contributed by atoms with Crippen LogP contribution in [0.25, 0.3) is 0 Å². The van der Waals surface area contributed by atoms with Gasteiger partial charge in [0, 0.05) is 105 Å². The highest BCUT2D eigenvalue weighted by Gasteiger charge is 2.23. The van der Waals surface area contributed by atoms with Crippen molar-refractivity contribution < 1.29 is 47.8 Å². The van der Waals surface area contributed by atoms with Crippen LogP contribution in [0, 0.1) is 0 Å². The van der Waals surface area contributed by atoms with Crippen molar-refractivity contribution >= 4 is 82.9 Å². The molecule has 0 fully saturated rings. The Kier molecular flexibility index (Phi) is 19.5. The molecule has 6 rings (SSSR count). The van der Waals surface area contributed by atoms with E-state index in [1.54, 1.807) is 49.7 Å². The van der Waals surface area contributed by atoms with Gasteiger partial charge in [-0.15, -0.1) is 0 Å². The van der Waals surface area contributed by atoms with E-state index in [9.17, 15) is 38.4 Å². The number of hydrogen-bond donors (Lipinski definition) is 8. The number of anilines is 6. The molecule has 406 valence electrons. The third-order valence-corrected chi connectivity index (χ3v) is 11.0. The molecule has 6 heterocycles. The quantitative estimate of drug-likeness (QED) is 0.0221. The van der Waals surface area contributed by atoms with Crippen LogP contribution in [-0.2, 0) is 60.3 Å². The largest absolute Gasteiger partial charge is 0.377 e. The van der Waals surface area contributed by atoms with Crippen LogP contribution >= 0.6 is 0 Å². The Balaban J connectivity index is 1.09. The zero-order valence-corrected chi connectivity index (χ0v) is 43.3. The summed E-state index contributed by atoms with van der Waals surface area (Å²) in [7, 11) is 13.9. The lowest BCUT2D eigenvalue weighted by atomic mass is 10.3. The first kappa shape index (κ1) is 56.3. The molecule has 8 N–H and O–H groups in total. The number of rotatable bonds is 29. The van der Waals surface area contributed by atoms with Gasteiger partial charge < -0.3 is 89.2 Å². The molecule has 0 aliphatic heterocycles. The van der Waals surface area contributed by atoms with Crippen LogP contribution in [0.15, 0.2) is 49.3 Å². The summed E-state index contributed by atoms with van der Waals surface area (Å²) >= 11 is 0. The minimum atomic E-state index is -0.616. The molecule has 8 amide bonds. The highest BCUT2D eigenvalue weighted by Crippen LogP contribution is 2.21. The van der Waals surface area contributed by atoms with Crippen molar-refractivity contribution in [3.8, 4) is 0 Å². The van der Waals surface area contributed by atoms with E-state index in [0.29, 0.717) is 39.0 Å². The Morgan fingerprint density at radius 1 is 0.474 bits per heavy atom. The van der Waals surface area contributed by atoms with Crippen LogP contribution in [0.3, 0.4) is 0 Å². The zero-order chi connectivity index (χ0) is 55.1. The number of carbonyl (C=O) groups is 8. The molecule has 0 unspecified atom stereocenters. The minimum Gasteiger partial charge on any atom is -0.377 e. The van der Waals surface area contributed by atoms with Gasteiger partial charge in [0.25, 0.3) is 35.4 Å². The van der Waals surface area contributed by atoms with Crippen molar-refractivity contribution in [1.29, 1.82) is 0 Å². The molecule has 6 aromatic rings. The number of nitrogens with one attached hydrogen (secondary N) is 8. The Labute approximate surface area is 435 Å². The van der Waals surface area contributed by atoms with Crippen LogP contribution in [0.2, 0.25) is 0 Å². The predicted octanol–water partition coefficient (Wildman–Crippen LogP) is -0.314. The molecule has 0 bridgehead atoms. The van der Waals surface area contributed by atoms with Crippen LogP contribution in [0.5, 0.6) is 0 Å². The van der Waals surface area contributed by atoms with Crippen molar-refractivity contribution in [3.05, 3.63) is 84.0 Å². The minimum absolute atomic E-state index is 0.0127. The third-order valence-electron chi connectivity index (χ3n) is 11.0. The lowest BCUT2D eigenvalue weighted by Crippen LogP contribution is -2.32. The summed E-state index contributed by atoms with van der Waals surface area (Å²) in [6.45, 7) is 2.69. The van der Waals surface area contributed by atoms with Gasteiger partial charge in [-0.1, -0.05) is 0 Å². The summed E-state index contributed by atoms with van der Waals surface area (Å²) in [5, 5.41) is 21.3. The first-order valence-corrected chi connectivity index (χ1v) is 23.5. The number of nitrogens with zero attached hydrogens (tertiary/aromatic N) is 12. The number of ether oxygens (including phenoxy) is 2. The summed E-state index contributed by atoms with van der Waals surface area (Å²) < 4.78 is 20.7. The second-order valence-electron chi connectivity index (χ2n) is 17.5. The van der Waals surface area contributed by atoms with Gasteiger partial charge in [-0.25, -0.2) is 19.9 Å². The molecule has 0 radical (unpaired) electrons. The fourth-order valence-electron chi connectivity index (χ4n) is 7.32. The summed E-state index contributed by atoms with van der Waals surface area (Å²) in [5.74, 6) is -2.58. The summed E-state index contributed by atoms with van der Waals surface area (Å²) in [5.41, 5.74) is 0.727. The standard InChI is InChI=1S/C46H62N20O10/c1-59(2)11-9-47-43(71)37-55-35(25-63(37)7)57-41(69)31-19-29(51-45(73)39-53-33(49-27-67)23-61(39)5)21-65(31)13-15-75-17-18-76-16-14-66-22-30(52-46(74)40-54-34(50-28-68)24-62(40)6)20-32(66)42(70)58-36-26-64(8)38(56-36)44(72)48-10-12-60(3)4/h19-28H,9-18H2,1-8H3,(H,47,71)(H,48,72)(H,49,67)(H,50,68)(H,51,73)(H,52,74)(H,57,69)(H,58,70). The summed E-state index contributed by atoms with van der Waals surface area (Å²) in [6, 6.07) is 2.91. The average molecular weight is 1060 g/mol. The van der Waals surface area contributed by atoms with E-state index in [0.717, 1.165) is 0 Å². The average Bonchev–Trinajstić information content (AvgIpc) is 4.23. The van der Waals surface area contributed by atoms with Crippen LogP contribution < -0.4 is 42.5 Å². The van der Waals surface area contributed by atoms with E-state index in [-0.39, 0.29) is 109 Å². The maximum atomic E-state index is 13.8. The fourth-order valence-corrected chi connectivity index (χ4v) is 7.32. The van der Waals surface area contributed by atoms with Gasteiger partial charge in [-0.2, -0.15) is 0 Å². The summed E-state index contributed by atoms with van der Waals surface area (Å²) in [4.78, 5) is 122. The second-order valence-corrected chi connectivity index (χ2v) is 17.5. The van der Waals surface area contributed by atoms with Crippen molar-refractivity contribution in [2.45, 2.75) is 13.1 Å². The topological polar surface area (TPSA) is 339 Å². The zero-order valence-electron chi connectivity index (χ0n) is 43.3. The Bertz CT molecular complexity index is 2840. The first-order valence-electron chi connectivity index (χ1n) is 23.5. The number of aryl methyl sites for hydroxylation is 4. The molecule has 0 spiro atoms. The molecule has 0 saturated carbocycles. The van der Waals surface area contributed by atoms with Crippen molar-refractivity contribution in [2.24, 2.45) is 28.2 Å². The van der Waals surface area contributed by atoms with E-state index in [4.69, 9.17) is 9.47 Å². The number of likely N-dealkylation sites (N-methyl/N-ethyl adjacent to an activating group) is 2. The first-order chi connectivity index (χ1) is 36.3. The number of aromatic nitrogens is 10. The van der Waals surface area contributed by atoms with Gasteiger partial charge in [0.15, 0.2) is 23.3 Å². The molecule has 6 aromatic heterocycles. The molecule has 0 atom stereocenters. The Morgan fingerprint density at radius 3 is 1.17 bits per heavy atom. The van der Waals surface area contributed by atoms with E-state index in [1.165, 1.54) is 55.2 Å². The van der Waals surface area contributed by atoms with Gasteiger partial charge in [0.2, 0.25) is 36.1 Å². The molecule has 0 aliphatic rings. The van der Waals surface area contributed by atoms with Gasteiger partial charge in [0.05, 0.1) is 37.8 Å². The molecule has 0 aromatic carbocycles. The molecule has 30 nitrogen and oxygen atoms in total. The molecular formula is C46H62N20O10. The normalized spacial score (nSPS) is 11.1. The predicted molar refractivity (Wildman–Crippen MR) is 276 cm³/mol. The van der Waals surface area contributed by atoms with Crippen LogP contribution in [0.4, 0.5) is 34.6 Å². The molecular weight excluding hydrogens is 993 g/mol.